The summed E-state index contributed by atoms with van der Waals surface area (Å²) in [5, 5.41) is 15.2. The number of anilines is 1. The SMILES string of the molecule is CS1=C2C(=CN(c3ccccc3Cl)C=C3N2C=NN3C(=O)O)C2=C1C=CC2. The average Bonchev–Trinajstić information content (AvgIpc) is 3.30. The van der Waals surface area contributed by atoms with Crippen molar-refractivity contribution in [1.82, 2.24) is 9.91 Å². The van der Waals surface area contributed by atoms with Crippen molar-refractivity contribution in [2.75, 3.05) is 11.2 Å². The molecule has 0 radical (unpaired) electrons. The summed E-state index contributed by atoms with van der Waals surface area (Å²) < 4.78 is 0. The lowest BCUT2D eigenvalue weighted by Gasteiger charge is -2.22. The van der Waals surface area contributed by atoms with Crippen LogP contribution in [0.25, 0.3) is 0 Å². The first-order valence-corrected chi connectivity index (χ1v) is 10.3. The third kappa shape index (κ3) is 2.32. The standard InChI is InChI=1S/C19H15ClN4O2S/c1-27-16-8-4-5-12(16)13-9-22(15-7-3-2-6-14(15)20)10-17-23(18(13)27)11-21-24(17)19(25)26/h2-4,6-11H,5H2,1H3,(H,25,26). The third-order valence-electron chi connectivity index (χ3n) is 4.86. The topological polar surface area (TPSA) is 59.4 Å². The predicted octanol–water partition coefficient (Wildman–Crippen LogP) is 4.34. The second kappa shape index (κ2) is 5.87. The maximum Gasteiger partial charge on any atom is 0.434 e. The van der Waals surface area contributed by atoms with Crippen LogP contribution in [-0.2, 0) is 0 Å². The van der Waals surface area contributed by atoms with E-state index in [1.165, 1.54) is 10.5 Å². The molecule has 6 nitrogen and oxygen atoms in total. The Morgan fingerprint density at radius 2 is 2.11 bits per heavy atom. The van der Waals surface area contributed by atoms with Crippen molar-refractivity contribution < 1.29 is 9.90 Å². The minimum atomic E-state index is -1.13. The van der Waals surface area contributed by atoms with Crippen molar-refractivity contribution in [3.63, 3.8) is 0 Å². The number of rotatable bonds is 1. The van der Waals surface area contributed by atoms with E-state index in [9.17, 15) is 9.90 Å². The number of fused-ring (bicyclic) bond motifs is 4. The van der Waals surface area contributed by atoms with Gasteiger partial charge in [0.25, 0.3) is 0 Å². The Balaban J connectivity index is 1.74. The lowest BCUT2D eigenvalue weighted by Crippen LogP contribution is -2.32. The van der Waals surface area contributed by atoms with Gasteiger partial charge in [-0.25, -0.2) is 4.79 Å². The van der Waals surface area contributed by atoms with Crippen LogP contribution < -0.4 is 4.90 Å². The van der Waals surface area contributed by atoms with E-state index in [0.29, 0.717) is 10.8 Å². The minimum Gasteiger partial charge on any atom is -0.463 e. The lowest BCUT2D eigenvalue weighted by molar-refractivity contribution is 0.159. The van der Waals surface area contributed by atoms with E-state index in [1.807, 2.05) is 34.1 Å². The van der Waals surface area contributed by atoms with Crippen LogP contribution in [0.15, 0.2) is 75.8 Å². The van der Waals surface area contributed by atoms with Crippen molar-refractivity contribution in [2.24, 2.45) is 5.10 Å². The van der Waals surface area contributed by atoms with Crippen LogP contribution in [0.4, 0.5) is 10.5 Å². The van der Waals surface area contributed by atoms with Gasteiger partial charge in [-0.3, -0.25) is 4.90 Å². The van der Waals surface area contributed by atoms with E-state index >= 15 is 0 Å². The average molecular weight is 399 g/mol. The van der Waals surface area contributed by atoms with E-state index in [-0.39, 0.29) is 10.5 Å². The van der Waals surface area contributed by atoms with Crippen LogP contribution in [0.2, 0.25) is 5.02 Å². The first kappa shape index (κ1) is 16.4. The van der Waals surface area contributed by atoms with Crippen LogP contribution >= 0.6 is 22.1 Å². The van der Waals surface area contributed by atoms with Gasteiger partial charge in [0, 0.05) is 16.7 Å². The molecular weight excluding hydrogens is 384 g/mol. The molecule has 1 N–H and O–H groups in total. The number of benzene rings is 1. The highest BCUT2D eigenvalue weighted by atomic mass is 35.5. The molecule has 5 rings (SSSR count). The molecule has 3 heterocycles. The monoisotopic (exact) mass is 398 g/mol. The van der Waals surface area contributed by atoms with Crippen molar-refractivity contribution in [3.8, 4) is 0 Å². The summed E-state index contributed by atoms with van der Waals surface area (Å²) in [6.45, 7) is 0. The molecule has 1 aromatic rings. The Bertz CT molecular complexity index is 1080. The Hall–Kier alpha value is -2.77. The number of para-hydroxylation sites is 1. The second-order valence-electron chi connectivity index (χ2n) is 6.35. The molecule has 0 saturated heterocycles. The highest BCUT2D eigenvalue weighted by Gasteiger charge is 2.39. The summed E-state index contributed by atoms with van der Waals surface area (Å²) in [4.78, 5) is 17.8. The van der Waals surface area contributed by atoms with Gasteiger partial charge >= 0.3 is 6.09 Å². The first-order valence-electron chi connectivity index (χ1n) is 8.32. The number of nitrogens with zero attached hydrogens (tertiary/aromatic N) is 4. The zero-order valence-corrected chi connectivity index (χ0v) is 15.9. The highest BCUT2D eigenvalue weighted by Crippen LogP contribution is 2.48. The van der Waals surface area contributed by atoms with Crippen LogP contribution in [-0.4, -0.2) is 38.7 Å². The predicted molar refractivity (Wildman–Crippen MR) is 110 cm³/mol. The van der Waals surface area contributed by atoms with Gasteiger partial charge in [-0.15, -0.1) is 15.5 Å². The molecule has 1 atom stereocenters. The van der Waals surface area contributed by atoms with Gasteiger partial charge in [-0.1, -0.05) is 35.9 Å². The molecule has 27 heavy (non-hydrogen) atoms. The molecule has 4 aliphatic rings. The van der Waals surface area contributed by atoms with Crippen LogP contribution in [0, 0.1) is 0 Å². The second-order valence-corrected chi connectivity index (χ2v) is 8.60. The lowest BCUT2D eigenvalue weighted by atomic mass is 10.1. The molecule has 136 valence electrons. The van der Waals surface area contributed by atoms with Crippen molar-refractivity contribution in [2.45, 2.75) is 6.42 Å². The molecule has 3 aliphatic heterocycles. The molecule has 0 spiro atoms. The molecule has 1 aromatic carbocycles. The fraction of sp³-hybridized carbons (Fsp3) is 0.105. The van der Waals surface area contributed by atoms with Gasteiger partial charge in [0.15, 0.2) is 5.82 Å². The molecule has 0 fully saturated rings. The van der Waals surface area contributed by atoms with Crippen molar-refractivity contribution in [3.05, 3.63) is 75.7 Å². The number of hydrogen-bond acceptors (Lipinski definition) is 4. The molecule has 8 heteroatoms. The van der Waals surface area contributed by atoms with Gasteiger partial charge in [0.05, 0.1) is 21.9 Å². The molecule has 1 unspecified atom stereocenters. The zero-order chi connectivity index (χ0) is 18.7. The number of carbonyl (C=O) groups is 1. The largest absolute Gasteiger partial charge is 0.463 e. The summed E-state index contributed by atoms with van der Waals surface area (Å²) in [5.74, 6) is 0.466. The quantitative estimate of drug-likeness (QED) is 0.715. The van der Waals surface area contributed by atoms with Gasteiger partial charge in [0.1, 0.15) is 6.34 Å². The van der Waals surface area contributed by atoms with Crippen LogP contribution in [0.1, 0.15) is 6.42 Å². The Morgan fingerprint density at radius 1 is 1.30 bits per heavy atom. The van der Waals surface area contributed by atoms with Gasteiger partial charge < -0.3 is 10.0 Å². The number of halogens is 1. The molecule has 0 aromatic heterocycles. The van der Waals surface area contributed by atoms with Crippen LogP contribution in [0.5, 0.6) is 0 Å². The van der Waals surface area contributed by atoms with E-state index in [2.05, 4.69) is 29.7 Å². The van der Waals surface area contributed by atoms with Crippen LogP contribution in [0.3, 0.4) is 0 Å². The minimum absolute atomic E-state index is 0.166. The van der Waals surface area contributed by atoms with Crippen molar-refractivity contribution >= 4 is 45.2 Å². The Morgan fingerprint density at radius 3 is 2.89 bits per heavy atom. The number of carboxylic acid groups (broad SMARTS) is 1. The summed E-state index contributed by atoms with van der Waals surface area (Å²) in [6, 6.07) is 7.51. The molecular formula is C19H15ClN4O2S. The summed E-state index contributed by atoms with van der Waals surface area (Å²) >= 11 is 6.43. The molecule has 0 bridgehead atoms. The fourth-order valence-corrected chi connectivity index (χ4v) is 5.91. The summed E-state index contributed by atoms with van der Waals surface area (Å²) in [7, 11) is -0.166. The van der Waals surface area contributed by atoms with E-state index in [4.69, 9.17) is 11.6 Å². The summed E-state index contributed by atoms with van der Waals surface area (Å²) in [6.07, 6.45) is 11.7. The maximum absolute atomic E-state index is 11.7. The molecule has 1 aliphatic carbocycles. The molecule has 0 saturated carbocycles. The number of hydrogen-bond donors (Lipinski definition) is 1. The van der Waals surface area contributed by atoms with Gasteiger partial charge in [-0.2, -0.15) is 5.10 Å². The fourth-order valence-electron chi connectivity index (χ4n) is 3.67. The van der Waals surface area contributed by atoms with E-state index in [1.54, 1.807) is 12.5 Å². The number of hydrazone groups is 1. The maximum atomic E-state index is 11.7. The first-order chi connectivity index (χ1) is 13.1. The summed E-state index contributed by atoms with van der Waals surface area (Å²) in [5.41, 5.74) is 3.17. The van der Waals surface area contributed by atoms with Gasteiger partial charge in [0.2, 0.25) is 0 Å². The Kier molecular flexibility index (Phi) is 3.57. The normalized spacial score (nSPS) is 22.7. The Labute approximate surface area is 163 Å². The highest BCUT2D eigenvalue weighted by molar-refractivity contribution is 8.19. The van der Waals surface area contributed by atoms with E-state index in [0.717, 1.165) is 27.7 Å². The number of amides is 1. The van der Waals surface area contributed by atoms with E-state index < -0.39 is 6.09 Å². The smallest absolute Gasteiger partial charge is 0.434 e. The number of allylic oxidation sites excluding steroid dienone is 2. The zero-order valence-electron chi connectivity index (χ0n) is 14.3. The third-order valence-corrected chi connectivity index (χ3v) is 7.22. The molecule has 1 amide bonds. The van der Waals surface area contributed by atoms with Crippen molar-refractivity contribution in [1.29, 1.82) is 0 Å². The van der Waals surface area contributed by atoms with Gasteiger partial charge in [-0.05, 0) is 30.4 Å².